The summed E-state index contributed by atoms with van der Waals surface area (Å²) in [6, 6.07) is 14.4. The van der Waals surface area contributed by atoms with Crippen molar-refractivity contribution in [3.05, 3.63) is 64.5 Å². The lowest BCUT2D eigenvalue weighted by Crippen LogP contribution is -2.04. The molecule has 4 nitrogen and oxygen atoms in total. The number of hydrogen-bond donors (Lipinski definition) is 0. The van der Waals surface area contributed by atoms with Crippen molar-refractivity contribution >= 4 is 16.9 Å². The normalized spacial score (nSPS) is 10.6. The van der Waals surface area contributed by atoms with Gasteiger partial charge < -0.3 is 9.15 Å². The Kier molecular flexibility index (Phi) is 3.51. The maximum absolute atomic E-state index is 12.2. The van der Waals surface area contributed by atoms with E-state index in [-0.39, 0.29) is 0 Å². The average molecular weight is 294 g/mol. The predicted molar refractivity (Wildman–Crippen MR) is 84.0 cm³/mol. The Balaban J connectivity index is 2.11. The molecule has 0 N–H and O–H groups in total. The third-order valence-electron chi connectivity index (χ3n) is 3.33. The third kappa shape index (κ3) is 2.76. The fourth-order valence-electron chi connectivity index (χ4n) is 2.26. The number of ether oxygens (including phenoxy) is 1. The highest BCUT2D eigenvalue weighted by Crippen LogP contribution is 2.24. The van der Waals surface area contributed by atoms with Crippen molar-refractivity contribution < 1.29 is 13.9 Å². The van der Waals surface area contributed by atoms with Crippen molar-refractivity contribution in [2.45, 2.75) is 13.8 Å². The number of esters is 1. The van der Waals surface area contributed by atoms with E-state index in [2.05, 4.69) is 0 Å². The fraction of sp³-hybridized carbons (Fsp3) is 0.111. The van der Waals surface area contributed by atoms with Gasteiger partial charge in [-0.25, -0.2) is 4.79 Å². The Bertz CT molecular complexity index is 905. The summed E-state index contributed by atoms with van der Waals surface area (Å²) < 4.78 is 10.3. The molecule has 1 heterocycles. The van der Waals surface area contributed by atoms with Crippen molar-refractivity contribution in [1.29, 1.82) is 0 Å². The maximum Gasteiger partial charge on any atom is 0.344 e. The first-order chi connectivity index (χ1) is 10.5. The van der Waals surface area contributed by atoms with Gasteiger partial charge in [-0.05, 0) is 30.7 Å². The number of carbonyl (C=O) groups is 1. The van der Waals surface area contributed by atoms with Crippen molar-refractivity contribution in [3.63, 3.8) is 0 Å². The number of carbonyl (C=O) groups excluding carboxylic acids is 1. The molecule has 0 amide bonds. The highest BCUT2D eigenvalue weighted by atomic mass is 16.5. The molecular weight excluding hydrogens is 280 g/mol. The van der Waals surface area contributed by atoms with Crippen molar-refractivity contribution in [2.24, 2.45) is 0 Å². The number of benzene rings is 2. The van der Waals surface area contributed by atoms with Crippen LogP contribution in [0.3, 0.4) is 0 Å². The molecule has 0 spiro atoms. The summed E-state index contributed by atoms with van der Waals surface area (Å²) >= 11 is 0. The van der Waals surface area contributed by atoms with Crippen molar-refractivity contribution in [2.75, 3.05) is 0 Å². The summed E-state index contributed by atoms with van der Waals surface area (Å²) in [5.74, 6) is -0.0655. The van der Waals surface area contributed by atoms with Crippen LogP contribution in [0.2, 0.25) is 0 Å². The van der Waals surface area contributed by atoms with Gasteiger partial charge in [-0.15, -0.1) is 0 Å². The van der Waals surface area contributed by atoms with Gasteiger partial charge in [0.2, 0.25) is 0 Å². The van der Waals surface area contributed by atoms with Gasteiger partial charge in [-0.3, -0.25) is 4.79 Å². The lowest BCUT2D eigenvalue weighted by Gasteiger charge is -2.05. The van der Waals surface area contributed by atoms with E-state index in [1.165, 1.54) is 13.0 Å². The van der Waals surface area contributed by atoms with Crippen LogP contribution in [0.5, 0.6) is 5.75 Å². The number of rotatable bonds is 2. The highest BCUT2D eigenvalue weighted by Gasteiger charge is 2.09. The molecular formula is C18H14O4. The molecule has 1 aromatic heterocycles. The molecule has 0 saturated heterocycles. The van der Waals surface area contributed by atoms with Crippen LogP contribution >= 0.6 is 0 Å². The summed E-state index contributed by atoms with van der Waals surface area (Å²) in [4.78, 5) is 23.1. The molecule has 0 aliphatic rings. The zero-order chi connectivity index (χ0) is 15.7. The van der Waals surface area contributed by atoms with Crippen molar-refractivity contribution in [3.8, 4) is 16.9 Å². The van der Waals surface area contributed by atoms with Gasteiger partial charge in [0.05, 0.1) is 5.56 Å². The van der Waals surface area contributed by atoms with Gasteiger partial charge in [0.1, 0.15) is 11.3 Å². The second-order valence-corrected chi connectivity index (χ2v) is 5.11. The Morgan fingerprint density at radius 3 is 2.45 bits per heavy atom. The molecule has 0 bridgehead atoms. The van der Waals surface area contributed by atoms with Crippen LogP contribution in [0, 0.1) is 6.92 Å². The summed E-state index contributed by atoms with van der Waals surface area (Å²) in [7, 11) is 0. The quantitative estimate of drug-likeness (QED) is 0.411. The van der Waals surface area contributed by atoms with E-state index in [0.717, 1.165) is 16.5 Å². The Morgan fingerprint density at radius 2 is 1.77 bits per heavy atom. The molecule has 0 aliphatic heterocycles. The zero-order valence-electron chi connectivity index (χ0n) is 12.3. The molecule has 0 fully saturated rings. The van der Waals surface area contributed by atoms with Gasteiger partial charge in [0.15, 0.2) is 0 Å². The van der Waals surface area contributed by atoms with Crippen LogP contribution in [0.4, 0.5) is 0 Å². The maximum atomic E-state index is 12.2. The largest absolute Gasteiger partial charge is 0.427 e. The Labute approximate surface area is 127 Å². The number of aryl methyl sites for hydroxylation is 1. The molecule has 110 valence electrons. The van der Waals surface area contributed by atoms with Crippen LogP contribution in [-0.2, 0) is 4.79 Å². The van der Waals surface area contributed by atoms with Crippen LogP contribution in [-0.4, -0.2) is 5.97 Å². The van der Waals surface area contributed by atoms with E-state index in [9.17, 15) is 9.59 Å². The lowest BCUT2D eigenvalue weighted by molar-refractivity contribution is -0.131. The number of hydrogen-bond acceptors (Lipinski definition) is 4. The Hall–Kier alpha value is -2.88. The van der Waals surface area contributed by atoms with Crippen LogP contribution in [0.15, 0.2) is 57.7 Å². The second kappa shape index (κ2) is 5.48. The van der Waals surface area contributed by atoms with E-state index in [1.807, 2.05) is 31.2 Å². The highest BCUT2D eigenvalue weighted by molar-refractivity contribution is 5.83. The lowest BCUT2D eigenvalue weighted by atomic mass is 10.0. The van der Waals surface area contributed by atoms with E-state index in [4.69, 9.17) is 9.15 Å². The number of fused-ring (bicyclic) bond motifs is 1. The van der Waals surface area contributed by atoms with E-state index < -0.39 is 11.6 Å². The molecule has 3 rings (SSSR count). The van der Waals surface area contributed by atoms with Crippen LogP contribution in [0.1, 0.15) is 12.5 Å². The third-order valence-corrected chi connectivity index (χ3v) is 3.33. The molecule has 2 aromatic carbocycles. The molecule has 0 unspecified atom stereocenters. The second-order valence-electron chi connectivity index (χ2n) is 5.11. The van der Waals surface area contributed by atoms with Gasteiger partial charge in [0.25, 0.3) is 0 Å². The van der Waals surface area contributed by atoms with E-state index in [1.54, 1.807) is 18.2 Å². The summed E-state index contributed by atoms with van der Waals surface area (Å²) in [5, 5.41) is 0.770. The molecule has 0 saturated carbocycles. The first-order valence-electron chi connectivity index (χ1n) is 6.86. The zero-order valence-corrected chi connectivity index (χ0v) is 12.3. The fourth-order valence-corrected chi connectivity index (χ4v) is 2.26. The van der Waals surface area contributed by atoms with Crippen LogP contribution < -0.4 is 10.4 Å². The molecule has 3 aromatic rings. The smallest absolute Gasteiger partial charge is 0.344 e. The van der Waals surface area contributed by atoms with E-state index >= 15 is 0 Å². The standard InChI is InChI=1S/C18H14O4/c1-11-3-5-13(6-4-11)16-9-14-7-8-15(21-12(2)19)10-17(14)22-18(16)20/h3-10H,1-2H3. The minimum absolute atomic E-state index is 0.353. The first-order valence-corrected chi connectivity index (χ1v) is 6.86. The Morgan fingerprint density at radius 1 is 1.05 bits per heavy atom. The molecule has 4 heteroatoms. The predicted octanol–water partition coefficient (Wildman–Crippen LogP) is 3.69. The summed E-state index contributed by atoms with van der Waals surface area (Å²) in [6.45, 7) is 3.31. The first kappa shape index (κ1) is 14.1. The van der Waals surface area contributed by atoms with Gasteiger partial charge in [-0.2, -0.15) is 0 Å². The van der Waals surface area contributed by atoms with Gasteiger partial charge in [0, 0.05) is 18.4 Å². The molecule has 0 radical (unpaired) electrons. The average Bonchev–Trinajstić information content (AvgIpc) is 2.47. The molecule has 0 aliphatic carbocycles. The minimum atomic E-state index is -0.420. The van der Waals surface area contributed by atoms with Crippen molar-refractivity contribution in [1.82, 2.24) is 0 Å². The monoisotopic (exact) mass is 294 g/mol. The van der Waals surface area contributed by atoms with Crippen LogP contribution in [0.25, 0.3) is 22.1 Å². The topological polar surface area (TPSA) is 56.5 Å². The molecule has 22 heavy (non-hydrogen) atoms. The van der Waals surface area contributed by atoms with E-state index in [0.29, 0.717) is 16.9 Å². The summed E-state index contributed by atoms with van der Waals surface area (Å²) in [6.07, 6.45) is 0. The van der Waals surface area contributed by atoms with Gasteiger partial charge >= 0.3 is 11.6 Å². The SMILES string of the molecule is CC(=O)Oc1ccc2cc(-c3ccc(C)cc3)c(=O)oc2c1. The minimum Gasteiger partial charge on any atom is -0.427 e. The summed E-state index contributed by atoms with van der Waals surface area (Å²) in [5.41, 5.74) is 2.41. The molecule has 0 atom stereocenters. The van der Waals surface area contributed by atoms with Gasteiger partial charge in [-0.1, -0.05) is 29.8 Å².